The highest BCUT2D eigenvalue weighted by Crippen LogP contribution is 2.20. The van der Waals surface area contributed by atoms with E-state index in [1.807, 2.05) is 0 Å². The Balaban J connectivity index is 2.14. The van der Waals surface area contributed by atoms with Crippen LogP contribution < -0.4 is 26.8 Å². The molecule has 4 amide bonds. The molecular formula is C22H34N6O9. The van der Waals surface area contributed by atoms with Crippen molar-refractivity contribution in [2.75, 3.05) is 12.0 Å². The van der Waals surface area contributed by atoms with Crippen molar-refractivity contribution in [1.82, 2.24) is 26.4 Å². The fourth-order valence-electron chi connectivity index (χ4n) is 3.35. The first-order valence-electron chi connectivity index (χ1n) is 11.5. The van der Waals surface area contributed by atoms with Crippen LogP contribution in [0.2, 0.25) is 0 Å². The number of hydrogen-bond acceptors (Lipinski definition) is 11. The van der Waals surface area contributed by atoms with Crippen LogP contribution in [0, 0.1) is 0 Å². The van der Waals surface area contributed by atoms with E-state index >= 15 is 0 Å². The minimum Gasteiger partial charge on any atom is -0.444 e. The van der Waals surface area contributed by atoms with Crippen LogP contribution in [0.15, 0.2) is 24.4 Å². The zero-order valence-electron chi connectivity index (χ0n) is 20.9. The zero-order chi connectivity index (χ0) is 27.8. The second-order valence-corrected chi connectivity index (χ2v) is 9.28. The molecule has 0 aliphatic carbocycles. The van der Waals surface area contributed by atoms with Gasteiger partial charge in [-0.15, -0.1) is 0 Å². The molecule has 0 radical (unpaired) electrons. The van der Waals surface area contributed by atoms with Crippen molar-refractivity contribution >= 4 is 29.6 Å². The van der Waals surface area contributed by atoms with E-state index in [2.05, 4.69) is 31.8 Å². The molecule has 1 aromatic rings. The molecule has 2 heterocycles. The van der Waals surface area contributed by atoms with Gasteiger partial charge in [-0.3, -0.25) is 25.2 Å². The molecule has 2 rings (SSSR count). The lowest BCUT2D eigenvalue weighted by Gasteiger charge is -2.42. The third kappa shape index (κ3) is 9.45. The van der Waals surface area contributed by atoms with Crippen molar-refractivity contribution in [2.24, 2.45) is 0 Å². The van der Waals surface area contributed by atoms with Crippen molar-refractivity contribution in [2.45, 2.75) is 76.3 Å². The molecule has 1 saturated heterocycles. The molecule has 0 spiro atoms. The summed E-state index contributed by atoms with van der Waals surface area (Å²) in [5, 5.41) is 37.0. The van der Waals surface area contributed by atoms with E-state index in [0.717, 1.165) is 6.92 Å². The summed E-state index contributed by atoms with van der Waals surface area (Å²) in [5.41, 5.74) is 4.02. The summed E-state index contributed by atoms with van der Waals surface area (Å²) in [6, 6.07) is 2.22. The Morgan fingerprint density at radius 3 is 2.41 bits per heavy atom. The molecule has 15 heteroatoms. The van der Waals surface area contributed by atoms with Crippen LogP contribution >= 0.6 is 0 Å². The highest BCUT2D eigenvalue weighted by atomic mass is 16.6. The average molecular weight is 527 g/mol. The van der Waals surface area contributed by atoms with Gasteiger partial charge >= 0.3 is 6.09 Å². The smallest absolute Gasteiger partial charge is 0.408 e. The minimum absolute atomic E-state index is 0.299. The molecule has 37 heavy (non-hydrogen) atoms. The van der Waals surface area contributed by atoms with Gasteiger partial charge < -0.3 is 40.7 Å². The number of aliphatic hydroxyl groups is 3. The van der Waals surface area contributed by atoms with E-state index in [4.69, 9.17) is 9.47 Å². The SMILES string of the molecule is CC(=O)N[C@@H]1[C@@H](O)[C@H](O)[C@@H](CO)O[C@H]1NC(=O)C[C@H](NC(=O)OC(C)(C)C)C(=O)NNc1ccccn1. The lowest BCUT2D eigenvalue weighted by Crippen LogP contribution is -2.68. The van der Waals surface area contributed by atoms with Crippen LogP contribution in [-0.2, 0) is 23.9 Å². The number of rotatable bonds is 9. The van der Waals surface area contributed by atoms with Crippen molar-refractivity contribution in [3.63, 3.8) is 0 Å². The maximum Gasteiger partial charge on any atom is 0.408 e. The summed E-state index contributed by atoms with van der Waals surface area (Å²) < 4.78 is 10.6. The molecule has 0 unspecified atom stereocenters. The van der Waals surface area contributed by atoms with Gasteiger partial charge in [0, 0.05) is 13.1 Å². The first kappa shape index (κ1) is 29.7. The van der Waals surface area contributed by atoms with Gasteiger partial charge in [-0.05, 0) is 32.9 Å². The highest BCUT2D eigenvalue weighted by molar-refractivity contribution is 5.91. The van der Waals surface area contributed by atoms with E-state index < -0.39 is 79.1 Å². The lowest BCUT2D eigenvalue weighted by atomic mass is 9.95. The van der Waals surface area contributed by atoms with E-state index in [1.165, 1.54) is 6.20 Å². The van der Waals surface area contributed by atoms with Crippen molar-refractivity contribution < 1.29 is 44.0 Å². The number of amides is 4. The molecule has 8 N–H and O–H groups in total. The maximum absolute atomic E-state index is 12.9. The van der Waals surface area contributed by atoms with Crippen LogP contribution in [0.5, 0.6) is 0 Å². The molecule has 0 bridgehead atoms. The molecule has 1 aromatic heterocycles. The van der Waals surface area contributed by atoms with Gasteiger partial charge in [-0.2, -0.15) is 0 Å². The zero-order valence-corrected chi connectivity index (χ0v) is 20.9. The molecule has 1 aliphatic rings. The Bertz CT molecular complexity index is 942. The predicted molar refractivity (Wildman–Crippen MR) is 127 cm³/mol. The number of ether oxygens (including phenoxy) is 2. The first-order valence-corrected chi connectivity index (χ1v) is 11.5. The fourth-order valence-corrected chi connectivity index (χ4v) is 3.35. The normalized spacial score (nSPS) is 24.2. The number of nitrogens with one attached hydrogen (secondary N) is 5. The Morgan fingerprint density at radius 2 is 1.84 bits per heavy atom. The number of pyridine rings is 1. The summed E-state index contributed by atoms with van der Waals surface area (Å²) in [4.78, 5) is 53.6. The molecule has 1 aliphatic heterocycles. The van der Waals surface area contributed by atoms with Gasteiger partial charge in [-0.25, -0.2) is 9.78 Å². The molecular weight excluding hydrogens is 492 g/mol. The summed E-state index contributed by atoms with van der Waals surface area (Å²) in [6.07, 6.45) is -5.83. The average Bonchev–Trinajstić information content (AvgIpc) is 2.81. The fraction of sp³-hybridized carbons (Fsp3) is 0.591. The van der Waals surface area contributed by atoms with Gasteiger partial charge in [0.05, 0.1) is 13.0 Å². The largest absolute Gasteiger partial charge is 0.444 e. The minimum atomic E-state index is -1.58. The number of nitrogens with zero attached hydrogens (tertiary/aromatic N) is 1. The van der Waals surface area contributed by atoms with Crippen LogP contribution in [0.3, 0.4) is 0 Å². The van der Waals surface area contributed by atoms with E-state index in [0.29, 0.717) is 5.82 Å². The van der Waals surface area contributed by atoms with Crippen molar-refractivity contribution in [3.05, 3.63) is 24.4 Å². The first-order chi connectivity index (χ1) is 17.3. The summed E-state index contributed by atoms with van der Waals surface area (Å²) in [7, 11) is 0. The Hall–Kier alpha value is -3.53. The van der Waals surface area contributed by atoms with Gasteiger partial charge in [0.2, 0.25) is 11.8 Å². The van der Waals surface area contributed by atoms with E-state index in [9.17, 15) is 34.5 Å². The number of carbonyl (C=O) groups excluding carboxylic acids is 4. The van der Waals surface area contributed by atoms with Crippen LogP contribution in [0.1, 0.15) is 34.1 Å². The third-order valence-corrected chi connectivity index (χ3v) is 4.98. The Kier molecular flexibility index (Phi) is 10.5. The molecule has 0 aromatic carbocycles. The molecule has 206 valence electrons. The number of hydrogen-bond donors (Lipinski definition) is 8. The monoisotopic (exact) mass is 526 g/mol. The molecule has 6 atom stereocenters. The number of alkyl carbamates (subject to hydrolysis) is 1. The molecule has 15 nitrogen and oxygen atoms in total. The number of aliphatic hydroxyl groups excluding tert-OH is 3. The van der Waals surface area contributed by atoms with Crippen LogP contribution in [0.4, 0.5) is 10.6 Å². The lowest BCUT2D eigenvalue weighted by molar-refractivity contribution is -0.203. The van der Waals surface area contributed by atoms with E-state index in [-0.39, 0.29) is 0 Å². The van der Waals surface area contributed by atoms with Gasteiger partial charge in [0.15, 0.2) is 6.23 Å². The summed E-state index contributed by atoms with van der Waals surface area (Å²) in [5.74, 6) is -1.91. The standard InChI is InChI=1S/C22H34N6O9/c1-11(30)24-16-18(33)17(32)13(10-29)36-20(16)26-15(31)9-12(25-21(35)37-22(2,3)4)19(34)28-27-14-7-5-6-8-23-14/h5-8,12-13,16-18,20,29,32-33H,9-10H2,1-4H3,(H,23,27)(H,24,30)(H,25,35)(H,26,31)(H,28,34)/t12-,13+,16+,17+,18+,20+/m0/s1. The van der Waals surface area contributed by atoms with Gasteiger partial charge in [0.1, 0.15) is 41.8 Å². The highest BCUT2D eigenvalue weighted by Gasteiger charge is 2.45. The van der Waals surface area contributed by atoms with Crippen LogP contribution in [0.25, 0.3) is 0 Å². The van der Waals surface area contributed by atoms with Gasteiger partial charge in [-0.1, -0.05) is 6.07 Å². The number of carbonyl (C=O) groups is 4. The quantitative estimate of drug-likeness (QED) is 0.162. The molecule has 1 fully saturated rings. The van der Waals surface area contributed by atoms with Crippen molar-refractivity contribution in [1.29, 1.82) is 0 Å². The maximum atomic E-state index is 12.9. The number of hydrazine groups is 1. The van der Waals surface area contributed by atoms with Crippen LogP contribution in [-0.4, -0.2) is 92.9 Å². The Labute approximate surface area is 213 Å². The Morgan fingerprint density at radius 1 is 1.14 bits per heavy atom. The summed E-state index contributed by atoms with van der Waals surface area (Å²) >= 11 is 0. The van der Waals surface area contributed by atoms with Crippen molar-refractivity contribution in [3.8, 4) is 0 Å². The number of aromatic nitrogens is 1. The topological polar surface area (TPSA) is 220 Å². The third-order valence-electron chi connectivity index (χ3n) is 4.98. The predicted octanol–water partition coefficient (Wildman–Crippen LogP) is -2.13. The van der Waals surface area contributed by atoms with Gasteiger partial charge in [0.25, 0.3) is 5.91 Å². The second kappa shape index (κ2) is 13.1. The number of anilines is 1. The second-order valence-electron chi connectivity index (χ2n) is 9.28. The summed E-state index contributed by atoms with van der Waals surface area (Å²) in [6.45, 7) is 5.35. The van der Waals surface area contributed by atoms with E-state index in [1.54, 1.807) is 39.0 Å². The molecule has 0 saturated carbocycles.